The van der Waals surface area contributed by atoms with Crippen molar-refractivity contribution in [3.63, 3.8) is 0 Å². The molecule has 2 aliphatic rings. The van der Waals surface area contributed by atoms with E-state index in [0.717, 1.165) is 5.92 Å². The van der Waals surface area contributed by atoms with E-state index in [1.165, 1.54) is 41.9 Å². The van der Waals surface area contributed by atoms with Gasteiger partial charge in [-0.1, -0.05) is 0 Å². The van der Waals surface area contributed by atoms with Gasteiger partial charge in [0.1, 0.15) is 0 Å². The normalized spacial score (nSPS) is 29.2. The number of carbonyl (C=O) groups is 1. The average Bonchev–Trinajstić information content (AvgIpc) is 2.84. The summed E-state index contributed by atoms with van der Waals surface area (Å²) in [6.45, 7) is 1.76. The topological polar surface area (TPSA) is 20.3 Å². The molecule has 1 saturated carbocycles. The van der Waals surface area contributed by atoms with Crippen molar-refractivity contribution in [3.05, 3.63) is 30.3 Å². The van der Waals surface area contributed by atoms with Crippen molar-refractivity contribution in [2.45, 2.75) is 56.4 Å². The summed E-state index contributed by atoms with van der Waals surface area (Å²) in [6, 6.07) is 11.8. The Morgan fingerprint density at radius 1 is 1.25 bits per heavy atom. The second kappa shape index (κ2) is 6.32. The van der Waals surface area contributed by atoms with Gasteiger partial charge in [0.2, 0.25) is 0 Å². The van der Waals surface area contributed by atoms with Gasteiger partial charge in [0.15, 0.2) is 0 Å². The molecular formula is C17H23NOSe. The first-order valence-electron chi connectivity index (χ1n) is 7.72. The zero-order valence-corrected chi connectivity index (χ0v) is 13.8. The Balaban J connectivity index is 1.67. The van der Waals surface area contributed by atoms with Crippen molar-refractivity contribution in [3.8, 4) is 0 Å². The SMILES string of the molecule is CC(=O)N1[C@@H](C[Se]c2ccccc2)C[C@H]2CCCC[C@@H]21. The van der Waals surface area contributed by atoms with Crippen LogP contribution in [0, 0.1) is 5.92 Å². The molecule has 0 aromatic heterocycles. The quantitative estimate of drug-likeness (QED) is 0.777. The van der Waals surface area contributed by atoms with Gasteiger partial charge < -0.3 is 0 Å². The van der Waals surface area contributed by atoms with Crippen LogP contribution in [0.25, 0.3) is 0 Å². The van der Waals surface area contributed by atoms with Crippen LogP contribution in [0.15, 0.2) is 30.3 Å². The molecule has 1 amide bonds. The molecule has 1 aromatic rings. The summed E-state index contributed by atoms with van der Waals surface area (Å²) in [5, 5.41) is 1.18. The van der Waals surface area contributed by atoms with E-state index < -0.39 is 0 Å². The third-order valence-corrected chi connectivity index (χ3v) is 7.17. The van der Waals surface area contributed by atoms with Crippen LogP contribution < -0.4 is 4.46 Å². The Morgan fingerprint density at radius 3 is 2.75 bits per heavy atom. The third-order valence-electron chi connectivity index (χ3n) is 4.74. The molecule has 3 heteroatoms. The molecule has 1 saturated heterocycles. The summed E-state index contributed by atoms with van der Waals surface area (Å²) in [4.78, 5) is 14.3. The molecule has 0 bridgehead atoms. The standard InChI is InChI=1S/C17H23NOSe/c1-13(19)18-15(11-14-7-5-6-10-17(14)18)12-20-16-8-3-2-4-9-16/h2-4,8-9,14-15,17H,5-7,10-12H2,1H3/t14-,15-,17+/m1/s1. The molecule has 1 aromatic carbocycles. The van der Waals surface area contributed by atoms with Crippen LogP contribution in [0.2, 0.25) is 5.32 Å². The van der Waals surface area contributed by atoms with Gasteiger partial charge in [-0.3, -0.25) is 0 Å². The minimum atomic E-state index is 0.299. The molecule has 0 spiro atoms. The van der Waals surface area contributed by atoms with Crippen molar-refractivity contribution in [2.75, 3.05) is 0 Å². The molecule has 0 N–H and O–H groups in total. The molecule has 3 atom stereocenters. The number of fused-ring (bicyclic) bond motifs is 1. The summed E-state index contributed by atoms with van der Waals surface area (Å²) in [5.41, 5.74) is 0. The number of hydrogen-bond donors (Lipinski definition) is 0. The average molecular weight is 336 g/mol. The summed E-state index contributed by atoms with van der Waals surface area (Å²) in [5.74, 6) is 1.08. The Kier molecular flexibility index (Phi) is 4.48. The van der Waals surface area contributed by atoms with E-state index in [2.05, 4.69) is 35.2 Å². The van der Waals surface area contributed by atoms with Crippen molar-refractivity contribution < 1.29 is 4.79 Å². The maximum atomic E-state index is 12.1. The van der Waals surface area contributed by atoms with Crippen LogP contribution in [0.5, 0.6) is 0 Å². The van der Waals surface area contributed by atoms with Crippen molar-refractivity contribution in [1.29, 1.82) is 0 Å². The van der Waals surface area contributed by atoms with E-state index in [-0.39, 0.29) is 0 Å². The van der Waals surface area contributed by atoms with Crippen LogP contribution in [-0.4, -0.2) is 37.8 Å². The number of benzene rings is 1. The predicted octanol–water partition coefficient (Wildman–Crippen LogP) is 2.61. The molecule has 3 rings (SSSR count). The van der Waals surface area contributed by atoms with Gasteiger partial charge in [0.05, 0.1) is 0 Å². The van der Waals surface area contributed by atoms with E-state index in [1.54, 1.807) is 6.92 Å². The molecule has 0 radical (unpaired) electrons. The summed E-state index contributed by atoms with van der Waals surface area (Å²) in [6.07, 6.45) is 6.49. The summed E-state index contributed by atoms with van der Waals surface area (Å²) >= 11 is 0.493. The van der Waals surface area contributed by atoms with Gasteiger partial charge in [-0.05, 0) is 0 Å². The maximum absolute atomic E-state index is 12.1. The second-order valence-corrected chi connectivity index (χ2v) is 8.35. The van der Waals surface area contributed by atoms with Crippen molar-refractivity contribution in [2.24, 2.45) is 5.92 Å². The van der Waals surface area contributed by atoms with E-state index >= 15 is 0 Å². The predicted molar refractivity (Wildman–Crippen MR) is 83.3 cm³/mol. The molecular weight excluding hydrogens is 313 g/mol. The molecule has 2 fully saturated rings. The van der Waals surface area contributed by atoms with Crippen molar-refractivity contribution >= 4 is 25.3 Å². The molecule has 108 valence electrons. The third kappa shape index (κ3) is 2.94. The zero-order chi connectivity index (χ0) is 13.9. The zero-order valence-electron chi connectivity index (χ0n) is 12.1. The Bertz CT molecular complexity index is 461. The Morgan fingerprint density at radius 2 is 2.00 bits per heavy atom. The number of likely N-dealkylation sites (tertiary alicyclic amines) is 1. The molecule has 1 heterocycles. The van der Waals surface area contributed by atoms with Gasteiger partial charge in [0, 0.05) is 0 Å². The van der Waals surface area contributed by atoms with Gasteiger partial charge in [-0.2, -0.15) is 0 Å². The second-order valence-electron chi connectivity index (χ2n) is 6.05. The molecule has 0 unspecified atom stereocenters. The fourth-order valence-electron chi connectivity index (χ4n) is 3.91. The van der Waals surface area contributed by atoms with Crippen LogP contribution in [0.3, 0.4) is 0 Å². The van der Waals surface area contributed by atoms with Gasteiger partial charge in [-0.25, -0.2) is 0 Å². The fraction of sp³-hybridized carbons (Fsp3) is 0.588. The van der Waals surface area contributed by atoms with E-state index in [1.807, 2.05) is 0 Å². The van der Waals surface area contributed by atoms with E-state index in [0.29, 0.717) is 32.9 Å². The number of amides is 1. The summed E-state index contributed by atoms with van der Waals surface area (Å²) in [7, 11) is 0. The number of rotatable bonds is 3. The number of nitrogens with zero attached hydrogens (tertiary/aromatic N) is 1. The first-order chi connectivity index (χ1) is 9.75. The summed E-state index contributed by atoms with van der Waals surface area (Å²) < 4.78 is 1.46. The molecule has 1 aliphatic carbocycles. The van der Waals surface area contributed by atoms with E-state index in [9.17, 15) is 4.79 Å². The first-order valence-corrected chi connectivity index (χ1v) is 9.79. The Labute approximate surface area is 128 Å². The molecule has 1 aliphatic heterocycles. The monoisotopic (exact) mass is 337 g/mol. The number of hydrogen-bond acceptors (Lipinski definition) is 1. The van der Waals surface area contributed by atoms with Gasteiger partial charge >= 0.3 is 128 Å². The van der Waals surface area contributed by atoms with Crippen molar-refractivity contribution in [1.82, 2.24) is 4.90 Å². The van der Waals surface area contributed by atoms with Crippen LogP contribution in [0.1, 0.15) is 39.0 Å². The van der Waals surface area contributed by atoms with E-state index in [4.69, 9.17) is 0 Å². The Hall–Kier alpha value is -0.791. The van der Waals surface area contributed by atoms with Crippen LogP contribution >= 0.6 is 0 Å². The minimum absolute atomic E-state index is 0.299. The fourth-order valence-corrected chi connectivity index (χ4v) is 6.07. The van der Waals surface area contributed by atoms with Gasteiger partial charge in [-0.15, -0.1) is 0 Å². The van der Waals surface area contributed by atoms with Crippen LogP contribution in [-0.2, 0) is 4.79 Å². The number of carbonyl (C=O) groups excluding carboxylic acids is 1. The van der Waals surface area contributed by atoms with Crippen LogP contribution in [0.4, 0.5) is 0 Å². The molecule has 20 heavy (non-hydrogen) atoms. The first kappa shape index (κ1) is 14.2. The molecule has 2 nitrogen and oxygen atoms in total. The van der Waals surface area contributed by atoms with Gasteiger partial charge in [0.25, 0.3) is 0 Å².